The number of nitrogens with zero attached hydrogens (tertiary/aromatic N) is 3. The molecule has 0 N–H and O–H groups in total. The molecule has 0 atom stereocenters. The smallest absolute Gasteiger partial charge is 0.255 e. The first-order valence-corrected chi connectivity index (χ1v) is 10.9. The van der Waals surface area contributed by atoms with Crippen LogP contribution in [-0.4, -0.2) is 59.5 Å². The van der Waals surface area contributed by atoms with E-state index in [1.54, 1.807) is 7.11 Å². The lowest BCUT2D eigenvalue weighted by Gasteiger charge is -2.35. The molecule has 3 aromatic rings. The SMILES string of the molecule is COc1ccc(-n2c(C)cc(C(=O)N3CCN(C(=O)c4ccc(C)cc4)CC3)c2C)cc1. The van der Waals surface area contributed by atoms with Crippen molar-refractivity contribution in [2.45, 2.75) is 20.8 Å². The minimum absolute atomic E-state index is 0.0142. The van der Waals surface area contributed by atoms with Gasteiger partial charge in [-0.15, -0.1) is 0 Å². The molecule has 6 heteroatoms. The highest BCUT2D eigenvalue weighted by Gasteiger charge is 2.27. The summed E-state index contributed by atoms with van der Waals surface area (Å²) in [5, 5.41) is 0. The number of carbonyl (C=O) groups is 2. The van der Waals surface area contributed by atoms with Gasteiger partial charge in [-0.25, -0.2) is 0 Å². The standard InChI is InChI=1S/C26H29N3O3/c1-18-5-7-21(8-6-18)25(30)27-13-15-28(16-14-27)26(31)24-17-19(2)29(20(24)3)22-9-11-23(32-4)12-10-22/h5-12,17H,13-16H2,1-4H3. The zero-order valence-corrected chi connectivity index (χ0v) is 19.1. The van der Waals surface area contributed by atoms with Crippen LogP contribution in [0.1, 0.15) is 37.7 Å². The van der Waals surface area contributed by atoms with Crippen LogP contribution in [0.5, 0.6) is 5.75 Å². The molecule has 4 rings (SSSR count). The number of amides is 2. The van der Waals surface area contributed by atoms with Crippen molar-refractivity contribution >= 4 is 11.8 Å². The zero-order valence-electron chi connectivity index (χ0n) is 19.1. The number of benzene rings is 2. The van der Waals surface area contributed by atoms with Crippen LogP contribution in [0, 0.1) is 20.8 Å². The highest BCUT2D eigenvalue weighted by Crippen LogP contribution is 2.24. The van der Waals surface area contributed by atoms with E-state index in [1.165, 1.54) is 0 Å². The maximum atomic E-state index is 13.3. The van der Waals surface area contributed by atoms with Crippen LogP contribution in [-0.2, 0) is 0 Å². The van der Waals surface area contributed by atoms with E-state index in [1.807, 2.05) is 85.2 Å². The molecule has 0 radical (unpaired) electrons. The first kappa shape index (κ1) is 21.7. The number of ether oxygens (including phenoxy) is 1. The lowest BCUT2D eigenvalue weighted by atomic mass is 10.1. The quantitative estimate of drug-likeness (QED) is 0.627. The molecule has 1 aliphatic heterocycles. The van der Waals surface area contributed by atoms with Crippen LogP contribution in [0.15, 0.2) is 54.6 Å². The largest absolute Gasteiger partial charge is 0.497 e. The number of piperazine rings is 1. The van der Waals surface area contributed by atoms with Gasteiger partial charge in [0.05, 0.1) is 12.7 Å². The zero-order chi connectivity index (χ0) is 22.8. The third-order valence-corrected chi connectivity index (χ3v) is 6.14. The molecule has 32 heavy (non-hydrogen) atoms. The fourth-order valence-electron chi connectivity index (χ4n) is 4.27. The fraction of sp³-hybridized carbons (Fsp3) is 0.308. The predicted molar refractivity (Wildman–Crippen MR) is 125 cm³/mol. The molecule has 2 amide bonds. The molecule has 0 spiro atoms. The second-order valence-electron chi connectivity index (χ2n) is 8.27. The number of hydrogen-bond acceptors (Lipinski definition) is 3. The molecule has 6 nitrogen and oxygen atoms in total. The van der Waals surface area contributed by atoms with Gasteiger partial charge in [0.25, 0.3) is 11.8 Å². The van der Waals surface area contributed by atoms with Crippen molar-refractivity contribution in [3.63, 3.8) is 0 Å². The Kier molecular flexibility index (Phi) is 6.04. The summed E-state index contributed by atoms with van der Waals surface area (Å²) in [4.78, 5) is 29.7. The van der Waals surface area contributed by atoms with Gasteiger partial charge in [0, 0.05) is 48.8 Å². The maximum Gasteiger partial charge on any atom is 0.255 e. The average molecular weight is 432 g/mol. The second kappa shape index (κ2) is 8.91. The summed E-state index contributed by atoms with van der Waals surface area (Å²) in [6, 6.07) is 17.4. The first-order valence-electron chi connectivity index (χ1n) is 10.9. The average Bonchev–Trinajstić information content (AvgIpc) is 3.12. The van der Waals surface area contributed by atoms with Crippen molar-refractivity contribution < 1.29 is 14.3 Å². The van der Waals surface area contributed by atoms with Crippen LogP contribution in [0.2, 0.25) is 0 Å². The molecule has 1 aliphatic rings. The van der Waals surface area contributed by atoms with E-state index >= 15 is 0 Å². The van der Waals surface area contributed by atoms with E-state index in [2.05, 4.69) is 4.57 Å². The van der Waals surface area contributed by atoms with Gasteiger partial charge in [0.15, 0.2) is 0 Å². The van der Waals surface area contributed by atoms with Crippen LogP contribution in [0.25, 0.3) is 5.69 Å². The van der Waals surface area contributed by atoms with Crippen molar-refractivity contribution in [1.82, 2.24) is 14.4 Å². The summed E-state index contributed by atoms with van der Waals surface area (Å²) in [5.41, 5.74) is 5.44. The van der Waals surface area contributed by atoms with Gasteiger partial charge in [-0.05, 0) is 63.2 Å². The van der Waals surface area contributed by atoms with Crippen LogP contribution < -0.4 is 4.74 Å². The monoisotopic (exact) mass is 431 g/mol. The summed E-state index contributed by atoms with van der Waals surface area (Å²) in [5.74, 6) is 0.834. The van der Waals surface area contributed by atoms with Gasteiger partial charge in [-0.2, -0.15) is 0 Å². The van der Waals surface area contributed by atoms with Gasteiger partial charge in [-0.1, -0.05) is 17.7 Å². The number of aromatic nitrogens is 1. The highest BCUT2D eigenvalue weighted by atomic mass is 16.5. The number of rotatable bonds is 4. The van der Waals surface area contributed by atoms with E-state index < -0.39 is 0 Å². The van der Waals surface area contributed by atoms with Crippen molar-refractivity contribution in [2.75, 3.05) is 33.3 Å². The summed E-state index contributed by atoms with van der Waals surface area (Å²) in [7, 11) is 1.64. The topological polar surface area (TPSA) is 54.8 Å². The summed E-state index contributed by atoms with van der Waals surface area (Å²) < 4.78 is 7.34. The molecule has 2 aromatic carbocycles. The number of aryl methyl sites for hydroxylation is 2. The molecule has 1 fully saturated rings. The second-order valence-corrected chi connectivity index (χ2v) is 8.27. The van der Waals surface area contributed by atoms with Crippen LogP contribution in [0.3, 0.4) is 0 Å². The molecular formula is C26H29N3O3. The van der Waals surface area contributed by atoms with E-state index in [0.717, 1.165) is 28.4 Å². The molecule has 0 unspecified atom stereocenters. The van der Waals surface area contributed by atoms with E-state index in [0.29, 0.717) is 37.3 Å². The van der Waals surface area contributed by atoms with Gasteiger partial charge >= 0.3 is 0 Å². The molecule has 166 valence electrons. The predicted octanol–water partition coefficient (Wildman–Crippen LogP) is 4.01. The Morgan fingerprint density at radius 3 is 1.91 bits per heavy atom. The minimum atomic E-state index is 0.0142. The summed E-state index contributed by atoms with van der Waals surface area (Å²) in [6.45, 7) is 8.12. The molecule has 0 aliphatic carbocycles. The molecule has 0 saturated carbocycles. The highest BCUT2D eigenvalue weighted by molar-refractivity contribution is 5.97. The summed E-state index contributed by atoms with van der Waals surface area (Å²) >= 11 is 0. The normalized spacial score (nSPS) is 13.9. The first-order chi connectivity index (χ1) is 15.4. The van der Waals surface area contributed by atoms with E-state index in [-0.39, 0.29) is 11.8 Å². The molecule has 0 bridgehead atoms. The van der Waals surface area contributed by atoms with E-state index in [9.17, 15) is 9.59 Å². The van der Waals surface area contributed by atoms with Crippen molar-refractivity contribution in [2.24, 2.45) is 0 Å². The number of methoxy groups -OCH3 is 1. The van der Waals surface area contributed by atoms with Crippen molar-refractivity contribution in [1.29, 1.82) is 0 Å². The molecule has 1 saturated heterocycles. The Bertz CT molecular complexity index is 1120. The number of hydrogen-bond donors (Lipinski definition) is 0. The molecular weight excluding hydrogens is 402 g/mol. The van der Waals surface area contributed by atoms with Gasteiger partial charge in [0.1, 0.15) is 5.75 Å². The fourth-order valence-corrected chi connectivity index (χ4v) is 4.27. The Morgan fingerprint density at radius 1 is 0.781 bits per heavy atom. The summed E-state index contributed by atoms with van der Waals surface area (Å²) in [6.07, 6.45) is 0. The Morgan fingerprint density at radius 2 is 1.34 bits per heavy atom. The number of carbonyl (C=O) groups excluding carboxylic acids is 2. The lowest BCUT2D eigenvalue weighted by molar-refractivity contribution is 0.0535. The van der Waals surface area contributed by atoms with Crippen LogP contribution >= 0.6 is 0 Å². The van der Waals surface area contributed by atoms with Gasteiger partial charge in [0.2, 0.25) is 0 Å². The molecule has 2 heterocycles. The van der Waals surface area contributed by atoms with Crippen molar-refractivity contribution in [3.8, 4) is 11.4 Å². The van der Waals surface area contributed by atoms with E-state index in [4.69, 9.17) is 4.74 Å². The van der Waals surface area contributed by atoms with Crippen molar-refractivity contribution in [3.05, 3.63) is 82.7 Å². The Labute approximate surface area is 189 Å². The van der Waals surface area contributed by atoms with Gasteiger partial charge < -0.3 is 19.1 Å². The maximum absolute atomic E-state index is 13.3. The van der Waals surface area contributed by atoms with Crippen LogP contribution in [0.4, 0.5) is 0 Å². The minimum Gasteiger partial charge on any atom is -0.497 e. The third kappa shape index (κ3) is 4.13. The Balaban J connectivity index is 1.46. The molecule has 1 aromatic heterocycles. The van der Waals surface area contributed by atoms with Gasteiger partial charge in [-0.3, -0.25) is 9.59 Å². The lowest BCUT2D eigenvalue weighted by Crippen LogP contribution is -2.50. The Hall–Kier alpha value is -3.54. The third-order valence-electron chi connectivity index (χ3n) is 6.14.